The van der Waals surface area contributed by atoms with Crippen molar-refractivity contribution in [2.24, 2.45) is 0 Å². The number of benzene rings is 10. The van der Waals surface area contributed by atoms with Crippen molar-refractivity contribution in [3.05, 3.63) is 243 Å². The standard InChI is InChI=1S/C58H40N2/c1-4-16-41(17-5-1)44-30-33-49(34-31-44)59(55-26-14-12-24-51(55)45-21-8-3-9-22-45)50-35-36-53-52-25-13-15-27-56(52)60(58(53)40-50)57-37-32-47(42-18-6-2-7-19-42)39-54(57)48-29-28-43-20-10-11-23-46(43)38-48/h1-40H. The Morgan fingerprint density at radius 3 is 1.60 bits per heavy atom. The smallest absolute Gasteiger partial charge is 0.0562 e. The van der Waals surface area contributed by atoms with Crippen LogP contribution in [0.2, 0.25) is 0 Å². The van der Waals surface area contributed by atoms with Gasteiger partial charge in [-0.15, -0.1) is 0 Å². The molecule has 0 aliphatic rings. The lowest BCUT2D eigenvalue weighted by Gasteiger charge is -2.28. The molecule has 0 fully saturated rings. The molecular weight excluding hydrogens is 725 g/mol. The molecule has 2 heteroatoms. The van der Waals surface area contributed by atoms with Crippen molar-refractivity contribution < 1.29 is 0 Å². The maximum Gasteiger partial charge on any atom is 0.0562 e. The van der Waals surface area contributed by atoms with Crippen LogP contribution in [0.15, 0.2) is 243 Å². The van der Waals surface area contributed by atoms with E-state index in [2.05, 4.69) is 252 Å². The summed E-state index contributed by atoms with van der Waals surface area (Å²) in [7, 11) is 0. The third kappa shape index (κ3) is 6.32. The zero-order valence-corrected chi connectivity index (χ0v) is 33.0. The molecule has 0 amide bonds. The number of anilines is 3. The molecular formula is C58H40N2. The minimum atomic E-state index is 1.08. The third-order valence-corrected chi connectivity index (χ3v) is 11.8. The van der Waals surface area contributed by atoms with Crippen molar-refractivity contribution in [2.45, 2.75) is 0 Å². The van der Waals surface area contributed by atoms with Crippen molar-refractivity contribution in [3.63, 3.8) is 0 Å². The zero-order chi connectivity index (χ0) is 39.8. The summed E-state index contributed by atoms with van der Waals surface area (Å²) in [5.74, 6) is 0. The van der Waals surface area contributed by atoms with Crippen LogP contribution >= 0.6 is 0 Å². The summed E-state index contributed by atoms with van der Waals surface area (Å²) in [5, 5.41) is 4.89. The van der Waals surface area contributed by atoms with Gasteiger partial charge in [-0.25, -0.2) is 0 Å². The molecule has 0 aliphatic carbocycles. The van der Waals surface area contributed by atoms with Gasteiger partial charge in [0.2, 0.25) is 0 Å². The fraction of sp³-hybridized carbons (Fsp3) is 0. The molecule has 0 spiro atoms. The molecule has 60 heavy (non-hydrogen) atoms. The maximum atomic E-state index is 2.48. The largest absolute Gasteiger partial charge is 0.310 e. The van der Waals surface area contributed by atoms with E-state index in [9.17, 15) is 0 Å². The van der Waals surface area contributed by atoms with Crippen LogP contribution in [0.1, 0.15) is 0 Å². The Labute approximate surface area is 350 Å². The molecule has 0 aliphatic heterocycles. The van der Waals surface area contributed by atoms with E-state index in [1.165, 1.54) is 71.6 Å². The number of nitrogens with zero attached hydrogens (tertiary/aromatic N) is 2. The van der Waals surface area contributed by atoms with Crippen molar-refractivity contribution in [1.82, 2.24) is 4.57 Å². The molecule has 2 nitrogen and oxygen atoms in total. The Morgan fingerprint density at radius 1 is 0.283 bits per heavy atom. The van der Waals surface area contributed by atoms with E-state index < -0.39 is 0 Å². The summed E-state index contributed by atoms with van der Waals surface area (Å²) < 4.78 is 2.48. The van der Waals surface area contributed by atoms with Crippen LogP contribution in [-0.4, -0.2) is 4.57 Å². The first-order valence-corrected chi connectivity index (χ1v) is 20.6. The first kappa shape index (κ1) is 35.2. The maximum absolute atomic E-state index is 2.48. The summed E-state index contributed by atoms with van der Waals surface area (Å²) in [6.45, 7) is 0. The summed E-state index contributed by atoms with van der Waals surface area (Å²) in [5.41, 5.74) is 16.2. The lowest BCUT2D eigenvalue weighted by Crippen LogP contribution is -2.11. The molecule has 0 saturated heterocycles. The van der Waals surface area contributed by atoms with Gasteiger partial charge in [-0.1, -0.05) is 188 Å². The minimum Gasteiger partial charge on any atom is -0.310 e. The number of rotatable bonds is 8. The highest BCUT2D eigenvalue weighted by atomic mass is 15.1. The summed E-state index contributed by atoms with van der Waals surface area (Å²) >= 11 is 0. The second-order valence-electron chi connectivity index (χ2n) is 15.3. The molecule has 0 bridgehead atoms. The Morgan fingerprint density at radius 2 is 0.833 bits per heavy atom. The van der Waals surface area contributed by atoms with Crippen LogP contribution in [-0.2, 0) is 0 Å². The fourth-order valence-corrected chi connectivity index (χ4v) is 8.88. The molecule has 11 rings (SSSR count). The predicted molar refractivity (Wildman–Crippen MR) is 255 cm³/mol. The van der Waals surface area contributed by atoms with Gasteiger partial charge in [0.15, 0.2) is 0 Å². The van der Waals surface area contributed by atoms with Crippen LogP contribution in [0.5, 0.6) is 0 Å². The number of hydrogen-bond acceptors (Lipinski definition) is 1. The number of hydrogen-bond donors (Lipinski definition) is 0. The lowest BCUT2D eigenvalue weighted by atomic mass is 9.95. The third-order valence-electron chi connectivity index (χ3n) is 11.8. The first-order valence-electron chi connectivity index (χ1n) is 20.6. The molecule has 10 aromatic carbocycles. The Kier molecular flexibility index (Phi) is 8.87. The molecule has 282 valence electrons. The van der Waals surface area contributed by atoms with Crippen LogP contribution < -0.4 is 4.90 Å². The molecule has 11 aromatic rings. The highest BCUT2D eigenvalue weighted by Gasteiger charge is 2.21. The topological polar surface area (TPSA) is 8.17 Å². The number of fused-ring (bicyclic) bond motifs is 4. The van der Waals surface area contributed by atoms with Gasteiger partial charge in [0, 0.05) is 33.3 Å². The van der Waals surface area contributed by atoms with Gasteiger partial charge >= 0.3 is 0 Å². The van der Waals surface area contributed by atoms with Crippen LogP contribution in [0.4, 0.5) is 17.1 Å². The average Bonchev–Trinajstić information content (AvgIpc) is 3.66. The lowest BCUT2D eigenvalue weighted by molar-refractivity contribution is 1.18. The van der Waals surface area contributed by atoms with Crippen molar-refractivity contribution in [1.29, 1.82) is 0 Å². The van der Waals surface area contributed by atoms with Crippen molar-refractivity contribution in [3.8, 4) is 50.2 Å². The Hall–Kier alpha value is -7.94. The van der Waals surface area contributed by atoms with Gasteiger partial charge in [0.1, 0.15) is 0 Å². The van der Waals surface area contributed by atoms with Gasteiger partial charge in [0.25, 0.3) is 0 Å². The number of aromatic nitrogens is 1. The molecule has 0 atom stereocenters. The van der Waals surface area contributed by atoms with Gasteiger partial charge < -0.3 is 9.47 Å². The van der Waals surface area contributed by atoms with Gasteiger partial charge in [-0.05, 0) is 98.8 Å². The van der Waals surface area contributed by atoms with Crippen LogP contribution in [0.25, 0.3) is 82.8 Å². The monoisotopic (exact) mass is 764 g/mol. The van der Waals surface area contributed by atoms with Crippen LogP contribution in [0, 0.1) is 0 Å². The van der Waals surface area contributed by atoms with E-state index >= 15 is 0 Å². The van der Waals surface area contributed by atoms with Gasteiger partial charge in [0.05, 0.1) is 22.4 Å². The quantitative estimate of drug-likeness (QED) is 0.150. The predicted octanol–water partition coefficient (Wildman–Crippen LogP) is 16.1. The van der Waals surface area contributed by atoms with Crippen molar-refractivity contribution in [2.75, 3.05) is 4.90 Å². The fourth-order valence-electron chi connectivity index (χ4n) is 8.88. The highest BCUT2D eigenvalue weighted by molar-refractivity contribution is 6.11. The van der Waals surface area contributed by atoms with Gasteiger partial charge in [-0.2, -0.15) is 0 Å². The molecule has 1 heterocycles. The van der Waals surface area contributed by atoms with Gasteiger partial charge in [-0.3, -0.25) is 0 Å². The second-order valence-corrected chi connectivity index (χ2v) is 15.3. The average molecular weight is 765 g/mol. The Bertz CT molecular complexity index is 3290. The normalized spacial score (nSPS) is 11.3. The van der Waals surface area contributed by atoms with E-state index in [0.717, 1.165) is 28.3 Å². The van der Waals surface area contributed by atoms with E-state index in [-0.39, 0.29) is 0 Å². The minimum absolute atomic E-state index is 1.08. The summed E-state index contributed by atoms with van der Waals surface area (Å²) in [4.78, 5) is 2.42. The highest BCUT2D eigenvalue weighted by Crippen LogP contribution is 2.45. The molecule has 0 N–H and O–H groups in total. The molecule has 0 saturated carbocycles. The molecule has 0 unspecified atom stereocenters. The zero-order valence-electron chi connectivity index (χ0n) is 33.0. The molecule has 0 radical (unpaired) electrons. The first-order chi connectivity index (χ1) is 29.8. The van der Waals surface area contributed by atoms with E-state index in [0.29, 0.717) is 0 Å². The van der Waals surface area contributed by atoms with E-state index in [4.69, 9.17) is 0 Å². The summed E-state index contributed by atoms with van der Waals surface area (Å²) in [6.07, 6.45) is 0. The summed E-state index contributed by atoms with van der Waals surface area (Å²) in [6, 6.07) is 88.0. The molecule has 1 aromatic heterocycles. The Balaban J connectivity index is 1.16. The van der Waals surface area contributed by atoms with Crippen LogP contribution in [0.3, 0.4) is 0 Å². The van der Waals surface area contributed by atoms with Crippen molar-refractivity contribution >= 4 is 49.6 Å². The number of para-hydroxylation sites is 2. The van der Waals surface area contributed by atoms with E-state index in [1.807, 2.05) is 0 Å². The second kappa shape index (κ2) is 15.1. The SMILES string of the molecule is c1ccc(-c2ccc(N(c3ccc4c5ccccc5n(-c5ccc(-c6ccccc6)cc5-c5ccc6ccccc6c5)c4c3)c3ccccc3-c3ccccc3)cc2)cc1. The van der Waals surface area contributed by atoms with E-state index in [1.54, 1.807) is 0 Å².